The highest BCUT2D eigenvalue weighted by atomic mass is 19.1. The number of carboxylic acid groups (broad SMARTS) is 1. The summed E-state index contributed by atoms with van der Waals surface area (Å²) in [4.78, 5) is 18.1. The Morgan fingerprint density at radius 1 is 1.06 bits per heavy atom. The number of nitrogens with zero attached hydrogens (tertiary/aromatic N) is 3. The van der Waals surface area contributed by atoms with Crippen LogP contribution in [0.15, 0.2) is 42.5 Å². The summed E-state index contributed by atoms with van der Waals surface area (Å²) in [6.45, 7) is 13.3. The Kier molecular flexibility index (Phi) is 9.43. The Bertz CT molecular complexity index is 2120. The van der Waals surface area contributed by atoms with Gasteiger partial charge in [0.25, 0.3) is 0 Å². The van der Waals surface area contributed by atoms with Crippen LogP contribution in [-0.2, 0) is 22.4 Å². The molecule has 3 heterocycles. The lowest BCUT2D eigenvalue weighted by atomic mass is 9.90. The summed E-state index contributed by atoms with van der Waals surface area (Å²) >= 11 is 0. The molecule has 2 aromatic heterocycles. The quantitative estimate of drug-likeness (QED) is 0.166. The zero-order chi connectivity index (χ0) is 36.1. The molecule has 50 heavy (non-hydrogen) atoms. The number of halogens is 2. The highest BCUT2D eigenvalue weighted by molar-refractivity contribution is 5.94. The molecule has 1 aliphatic rings. The zero-order valence-electron chi connectivity index (χ0n) is 29.8. The fourth-order valence-electron chi connectivity index (χ4n) is 7.09. The maximum absolute atomic E-state index is 16.0. The molecular weight excluding hydrogens is 640 g/mol. The maximum atomic E-state index is 16.0. The van der Waals surface area contributed by atoms with Gasteiger partial charge in [0.2, 0.25) is 0 Å². The predicted molar refractivity (Wildman–Crippen MR) is 189 cm³/mol. The number of fused-ring (bicyclic) bond motifs is 2. The van der Waals surface area contributed by atoms with Crippen LogP contribution < -0.4 is 9.47 Å². The highest BCUT2D eigenvalue weighted by Gasteiger charge is 2.36. The van der Waals surface area contributed by atoms with Crippen molar-refractivity contribution < 1.29 is 32.9 Å². The Labute approximate surface area is 291 Å². The Morgan fingerprint density at radius 3 is 2.40 bits per heavy atom. The minimum absolute atomic E-state index is 0.198. The summed E-state index contributed by atoms with van der Waals surface area (Å²) in [6.07, 6.45) is 1.19. The van der Waals surface area contributed by atoms with Crippen molar-refractivity contribution >= 4 is 11.6 Å². The monoisotopic (exact) mass is 683 g/mol. The van der Waals surface area contributed by atoms with E-state index in [0.29, 0.717) is 65.3 Å². The van der Waals surface area contributed by atoms with E-state index in [9.17, 15) is 9.90 Å². The van der Waals surface area contributed by atoms with Gasteiger partial charge in [-0.1, -0.05) is 43.7 Å². The lowest BCUT2D eigenvalue weighted by molar-refractivity contribution is -0.160. The number of hydrogen-bond acceptors (Lipinski definition) is 6. The van der Waals surface area contributed by atoms with Gasteiger partial charge >= 0.3 is 5.97 Å². The van der Waals surface area contributed by atoms with Crippen LogP contribution in [-0.4, -0.2) is 45.0 Å². The van der Waals surface area contributed by atoms with Gasteiger partial charge in [0.1, 0.15) is 5.69 Å². The van der Waals surface area contributed by atoms with E-state index in [4.69, 9.17) is 24.3 Å². The molecule has 10 heteroatoms. The van der Waals surface area contributed by atoms with Gasteiger partial charge in [0, 0.05) is 33.5 Å². The number of carboxylic acids is 1. The van der Waals surface area contributed by atoms with Gasteiger partial charge in [0.15, 0.2) is 34.9 Å². The average Bonchev–Trinajstić information content (AvgIpc) is 3.45. The molecule has 0 spiro atoms. The number of methoxy groups -OCH3 is 1. The second kappa shape index (κ2) is 13.5. The van der Waals surface area contributed by atoms with E-state index in [1.165, 1.54) is 19.2 Å². The molecule has 0 fully saturated rings. The van der Waals surface area contributed by atoms with Gasteiger partial charge < -0.3 is 19.3 Å². The minimum Gasteiger partial charge on any atom is -0.493 e. The van der Waals surface area contributed by atoms with Crippen molar-refractivity contribution in [1.29, 1.82) is 0 Å². The lowest BCUT2D eigenvalue weighted by Gasteiger charge is -2.28. The fraction of sp³-hybridized carbons (Fsp3) is 0.375. The van der Waals surface area contributed by atoms with Crippen LogP contribution in [0.4, 0.5) is 8.78 Å². The van der Waals surface area contributed by atoms with Crippen molar-refractivity contribution in [2.45, 2.75) is 85.9 Å². The first-order chi connectivity index (χ1) is 23.8. The van der Waals surface area contributed by atoms with Crippen LogP contribution in [0.2, 0.25) is 0 Å². The van der Waals surface area contributed by atoms with Gasteiger partial charge in [0.05, 0.1) is 30.6 Å². The van der Waals surface area contributed by atoms with E-state index >= 15 is 8.78 Å². The average molecular weight is 684 g/mol. The van der Waals surface area contributed by atoms with Gasteiger partial charge in [-0.15, -0.1) is 0 Å². The van der Waals surface area contributed by atoms with Gasteiger partial charge in [-0.3, -0.25) is 0 Å². The molecule has 0 bridgehead atoms. The molecule has 8 nitrogen and oxygen atoms in total. The Balaban J connectivity index is 1.82. The van der Waals surface area contributed by atoms with Crippen molar-refractivity contribution in [3.63, 3.8) is 0 Å². The number of rotatable bonds is 9. The van der Waals surface area contributed by atoms with Crippen LogP contribution in [0.3, 0.4) is 0 Å². The number of ether oxygens (including phenoxy) is 3. The van der Waals surface area contributed by atoms with E-state index in [2.05, 4.69) is 0 Å². The normalized spacial score (nSPS) is 13.6. The van der Waals surface area contributed by atoms with Crippen LogP contribution in [0.1, 0.15) is 80.2 Å². The van der Waals surface area contributed by atoms with Crippen molar-refractivity contribution in [3.05, 3.63) is 87.6 Å². The molecule has 6 rings (SSSR count). The third kappa shape index (κ3) is 6.10. The van der Waals surface area contributed by atoms with Crippen molar-refractivity contribution in [2.75, 3.05) is 13.7 Å². The van der Waals surface area contributed by atoms with Gasteiger partial charge in [-0.2, -0.15) is 5.10 Å². The molecule has 0 amide bonds. The molecule has 1 atom stereocenters. The standard InChI is InChI=1S/C40H43F2N3O5/c1-9-14-25-21(2)27(19-29(41)35(25)48-8)32-33(24-15-11-10-12-16-24)44-45-34(28-20-30(42)36-26(22(28)3)17-13-18-49-36)31(23(4)43-38(32)45)37(39(46)47)50-40(5,6)7/h10-12,15-16,19-20,37H,9,13-14,17-18H2,1-8H3,(H,46,47). The molecular formula is C40H43F2N3O5. The summed E-state index contributed by atoms with van der Waals surface area (Å²) in [6, 6.07) is 12.3. The van der Waals surface area contributed by atoms with E-state index in [1.807, 2.05) is 51.1 Å². The van der Waals surface area contributed by atoms with Crippen LogP contribution in [0, 0.1) is 32.4 Å². The van der Waals surface area contributed by atoms with Crippen molar-refractivity contribution in [1.82, 2.24) is 14.6 Å². The molecule has 3 aromatic carbocycles. The maximum Gasteiger partial charge on any atom is 0.337 e. The molecule has 0 saturated heterocycles. The molecule has 1 aliphatic heterocycles. The number of aliphatic carboxylic acids is 1. The van der Waals surface area contributed by atoms with Crippen LogP contribution in [0.5, 0.6) is 11.5 Å². The van der Waals surface area contributed by atoms with E-state index in [1.54, 1.807) is 32.2 Å². The molecule has 0 radical (unpaired) electrons. The smallest absolute Gasteiger partial charge is 0.337 e. The van der Waals surface area contributed by atoms with E-state index in [0.717, 1.165) is 34.2 Å². The van der Waals surface area contributed by atoms with Crippen molar-refractivity contribution in [2.24, 2.45) is 0 Å². The number of aryl methyl sites for hydroxylation is 1. The first kappa shape index (κ1) is 35.0. The SMILES string of the molecule is CCCc1c(C)c(-c2c(-c3ccccc3)nn3c(-c4cc(F)c5c(c4C)CCCO5)c(C(OC(C)(C)C)C(=O)O)c(C)nc23)cc(F)c1OC. The topological polar surface area (TPSA) is 95.2 Å². The summed E-state index contributed by atoms with van der Waals surface area (Å²) in [5.41, 5.74) is 6.30. The molecule has 262 valence electrons. The number of carbonyl (C=O) groups is 1. The highest BCUT2D eigenvalue weighted by Crippen LogP contribution is 2.46. The second-order valence-corrected chi connectivity index (χ2v) is 13.8. The first-order valence-electron chi connectivity index (χ1n) is 17.0. The van der Waals surface area contributed by atoms with Gasteiger partial charge in [-0.05, 0) is 89.6 Å². The number of aromatic nitrogens is 3. The molecule has 1 unspecified atom stereocenters. The zero-order valence-corrected chi connectivity index (χ0v) is 29.8. The minimum atomic E-state index is -1.47. The lowest BCUT2D eigenvalue weighted by Crippen LogP contribution is -2.29. The summed E-state index contributed by atoms with van der Waals surface area (Å²) in [7, 11) is 1.46. The van der Waals surface area contributed by atoms with E-state index in [-0.39, 0.29) is 17.1 Å². The number of hydrogen-bond donors (Lipinski definition) is 1. The fourth-order valence-corrected chi connectivity index (χ4v) is 7.09. The largest absolute Gasteiger partial charge is 0.493 e. The van der Waals surface area contributed by atoms with Crippen LogP contribution >= 0.6 is 0 Å². The molecule has 5 aromatic rings. The number of benzene rings is 3. The Morgan fingerprint density at radius 2 is 1.76 bits per heavy atom. The Hall–Kier alpha value is -4.83. The molecule has 1 N–H and O–H groups in total. The second-order valence-electron chi connectivity index (χ2n) is 13.8. The van der Waals surface area contributed by atoms with Crippen molar-refractivity contribution in [3.8, 4) is 45.1 Å². The molecule has 0 saturated carbocycles. The summed E-state index contributed by atoms with van der Waals surface area (Å²) in [5, 5.41) is 15.8. The molecule has 0 aliphatic carbocycles. The third-order valence-corrected chi connectivity index (χ3v) is 9.28. The summed E-state index contributed by atoms with van der Waals surface area (Å²) in [5.74, 6) is -1.88. The first-order valence-corrected chi connectivity index (χ1v) is 17.0. The summed E-state index contributed by atoms with van der Waals surface area (Å²) < 4.78 is 51.0. The third-order valence-electron chi connectivity index (χ3n) is 9.28. The van der Waals surface area contributed by atoms with Gasteiger partial charge in [-0.25, -0.2) is 23.1 Å². The predicted octanol–water partition coefficient (Wildman–Crippen LogP) is 9.16. The van der Waals surface area contributed by atoms with Crippen LogP contribution in [0.25, 0.3) is 39.3 Å². The van der Waals surface area contributed by atoms with E-state index < -0.39 is 29.3 Å².